The summed E-state index contributed by atoms with van der Waals surface area (Å²) in [6.45, 7) is 6.68. The Bertz CT molecular complexity index is 1130. The number of carbonyl (C=O) groups is 1. The molecule has 30 heavy (non-hydrogen) atoms. The Hall–Kier alpha value is -2.68. The average Bonchev–Trinajstić information content (AvgIpc) is 2.76. The van der Waals surface area contributed by atoms with Gasteiger partial charge in [0.05, 0.1) is 11.2 Å². The molecule has 0 bridgehead atoms. The monoisotopic (exact) mass is 398 g/mol. The third kappa shape index (κ3) is 2.94. The minimum atomic E-state index is -0.0897. The molecule has 0 N–H and O–H groups in total. The number of rotatable bonds is 1. The van der Waals surface area contributed by atoms with Gasteiger partial charge in [-0.1, -0.05) is 62.6 Å². The molecule has 0 radical (unpaired) electrons. The van der Waals surface area contributed by atoms with Crippen molar-refractivity contribution in [2.75, 3.05) is 4.90 Å². The highest BCUT2D eigenvalue weighted by atomic mass is 16.2. The van der Waals surface area contributed by atoms with E-state index in [4.69, 9.17) is 4.98 Å². The Kier molecular flexibility index (Phi) is 4.65. The predicted octanol–water partition coefficient (Wildman–Crippen LogP) is 6.71. The third-order valence-corrected chi connectivity index (χ3v) is 7.32. The molecule has 1 spiro atoms. The Balaban J connectivity index is 1.70. The highest BCUT2D eigenvalue weighted by Gasteiger charge is 2.48. The number of para-hydroxylation sites is 1. The van der Waals surface area contributed by atoms with E-state index >= 15 is 0 Å². The van der Waals surface area contributed by atoms with Crippen LogP contribution in [0.15, 0.2) is 48.5 Å². The number of hydrogen-bond donors (Lipinski definition) is 0. The van der Waals surface area contributed by atoms with E-state index in [1.165, 1.54) is 36.0 Å². The van der Waals surface area contributed by atoms with Crippen LogP contribution in [0, 0.1) is 13.8 Å². The quantitative estimate of drug-likeness (QED) is 0.456. The molecule has 1 aliphatic heterocycles. The molecule has 1 unspecified atom stereocenters. The molecule has 2 aliphatic rings. The van der Waals surface area contributed by atoms with Crippen molar-refractivity contribution in [1.82, 2.24) is 4.98 Å². The van der Waals surface area contributed by atoms with E-state index < -0.39 is 0 Å². The first-order valence-electron chi connectivity index (χ1n) is 11.3. The van der Waals surface area contributed by atoms with Crippen molar-refractivity contribution in [1.29, 1.82) is 0 Å². The molecule has 3 aromatic rings. The molecule has 0 saturated heterocycles. The fourth-order valence-electron chi connectivity index (χ4n) is 5.99. The first kappa shape index (κ1) is 19.3. The van der Waals surface area contributed by atoms with Gasteiger partial charge in [0.25, 0.3) is 5.91 Å². The molecule has 154 valence electrons. The van der Waals surface area contributed by atoms with Crippen molar-refractivity contribution in [2.24, 2.45) is 0 Å². The van der Waals surface area contributed by atoms with Crippen molar-refractivity contribution in [2.45, 2.75) is 70.8 Å². The zero-order valence-corrected chi connectivity index (χ0v) is 18.2. The molecule has 1 amide bonds. The summed E-state index contributed by atoms with van der Waals surface area (Å²) in [6, 6.07) is 16.4. The molecule has 5 rings (SSSR count). The molecule has 1 fully saturated rings. The first-order chi connectivity index (χ1) is 14.5. The summed E-state index contributed by atoms with van der Waals surface area (Å²) in [5.74, 6) is 0.524. The molecular weight excluding hydrogens is 368 g/mol. The van der Waals surface area contributed by atoms with Gasteiger partial charge < -0.3 is 4.90 Å². The number of carbonyl (C=O) groups excluding carboxylic acids is 1. The number of aryl methyl sites for hydroxylation is 2. The van der Waals surface area contributed by atoms with Crippen LogP contribution in [0.2, 0.25) is 0 Å². The second kappa shape index (κ2) is 7.23. The molecule has 1 saturated carbocycles. The van der Waals surface area contributed by atoms with Crippen molar-refractivity contribution < 1.29 is 4.79 Å². The summed E-state index contributed by atoms with van der Waals surface area (Å²) in [6.07, 6.45) is 6.88. The van der Waals surface area contributed by atoms with Gasteiger partial charge >= 0.3 is 0 Å². The minimum Gasteiger partial charge on any atom is -0.300 e. The van der Waals surface area contributed by atoms with E-state index in [9.17, 15) is 4.79 Å². The largest absolute Gasteiger partial charge is 0.300 e. The molecular formula is C27H30N2O. The summed E-state index contributed by atoms with van der Waals surface area (Å²) in [5.41, 5.74) is 6.33. The molecule has 2 heterocycles. The molecule has 3 heteroatoms. The van der Waals surface area contributed by atoms with Crippen LogP contribution in [0.25, 0.3) is 10.9 Å². The van der Waals surface area contributed by atoms with E-state index in [1.807, 2.05) is 36.4 Å². The summed E-state index contributed by atoms with van der Waals surface area (Å²) >= 11 is 0. The van der Waals surface area contributed by atoms with Gasteiger partial charge in [0.15, 0.2) is 0 Å². The lowest BCUT2D eigenvalue weighted by Crippen LogP contribution is -2.57. The Morgan fingerprint density at radius 2 is 1.70 bits per heavy atom. The standard InChI is InChI=1S/C27H30N2O/c1-18-11-12-19(2)25-24(18)20(3)17-27(15-7-4-8-16-27)29(25)26(30)23-14-13-21-9-5-6-10-22(21)28-23/h5-6,9-14,20H,4,7-8,15-17H2,1-3H3. The number of benzene rings is 2. The second-order valence-corrected chi connectivity index (χ2v) is 9.38. The third-order valence-electron chi connectivity index (χ3n) is 7.32. The molecule has 1 atom stereocenters. The van der Waals surface area contributed by atoms with Gasteiger partial charge in [-0.05, 0) is 67.9 Å². The lowest BCUT2D eigenvalue weighted by Gasteiger charge is -2.52. The van der Waals surface area contributed by atoms with E-state index in [0.29, 0.717) is 11.6 Å². The summed E-state index contributed by atoms with van der Waals surface area (Å²) in [4.78, 5) is 21.1. The van der Waals surface area contributed by atoms with Gasteiger partial charge in [-0.3, -0.25) is 4.79 Å². The summed E-state index contributed by atoms with van der Waals surface area (Å²) in [5, 5.41) is 1.07. The fraction of sp³-hybridized carbons (Fsp3) is 0.407. The maximum Gasteiger partial charge on any atom is 0.277 e. The van der Waals surface area contributed by atoms with Crippen LogP contribution in [-0.4, -0.2) is 16.4 Å². The fourth-order valence-corrected chi connectivity index (χ4v) is 5.99. The predicted molar refractivity (Wildman–Crippen MR) is 123 cm³/mol. The number of aromatic nitrogens is 1. The Morgan fingerprint density at radius 3 is 2.50 bits per heavy atom. The van der Waals surface area contributed by atoms with Gasteiger partial charge in [-0.25, -0.2) is 4.98 Å². The average molecular weight is 399 g/mol. The number of pyridine rings is 1. The maximum absolute atomic E-state index is 14.1. The number of amides is 1. The molecule has 2 aromatic carbocycles. The van der Waals surface area contributed by atoms with Crippen molar-refractivity contribution >= 4 is 22.5 Å². The first-order valence-corrected chi connectivity index (χ1v) is 11.3. The van der Waals surface area contributed by atoms with Gasteiger partial charge in [-0.15, -0.1) is 0 Å². The molecule has 1 aromatic heterocycles. The van der Waals surface area contributed by atoms with E-state index in [1.54, 1.807) is 0 Å². The lowest BCUT2D eigenvalue weighted by atomic mass is 9.69. The lowest BCUT2D eigenvalue weighted by molar-refractivity contribution is 0.0914. The Labute approximate surface area is 179 Å². The van der Waals surface area contributed by atoms with Gasteiger partial charge in [0.1, 0.15) is 5.69 Å². The number of hydrogen-bond acceptors (Lipinski definition) is 2. The van der Waals surface area contributed by atoms with Crippen molar-refractivity contribution in [3.05, 3.63) is 70.9 Å². The van der Waals surface area contributed by atoms with E-state index in [2.05, 4.69) is 37.8 Å². The smallest absolute Gasteiger partial charge is 0.277 e. The minimum absolute atomic E-state index is 0.0597. The van der Waals surface area contributed by atoms with Crippen LogP contribution < -0.4 is 4.90 Å². The number of nitrogens with zero attached hydrogens (tertiary/aromatic N) is 2. The highest BCUT2D eigenvalue weighted by Crippen LogP contribution is 2.52. The molecule has 3 nitrogen and oxygen atoms in total. The van der Waals surface area contributed by atoms with Gasteiger partial charge in [0, 0.05) is 10.9 Å². The van der Waals surface area contributed by atoms with E-state index in [-0.39, 0.29) is 11.4 Å². The van der Waals surface area contributed by atoms with Crippen LogP contribution in [0.4, 0.5) is 5.69 Å². The highest BCUT2D eigenvalue weighted by molar-refractivity contribution is 6.08. The second-order valence-electron chi connectivity index (χ2n) is 9.38. The SMILES string of the molecule is Cc1ccc(C)c2c1C(C)CC1(CCCCC1)N2C(=O)c1ccc2ccccc2n1. The maximum atomic E-state index is 14.1. The van der Waals surface area contributed by atoms with Crippen LogP contribution in [0.1, 0.15) is 78.5 Å². The van der Waals surface area contributed by atoms with Gasteiger partial charge in [-0.2, -0.15) is 0 Å². The number of fused-ring (bicyclic) bond motifs is 2. The topological polar surface area (TPSA) is 33.2 Å². The molecule has 1 aliphatic carbocycles. The van der Waals surface area contributed by atoms with Crippen molar-refractivity contribution in [3.8, 4) is 0 Å². The normalized spacial score (nSPS) is 20.4. The zero-order valence-electron chi connectivity index (χ0n) is 18.2. The van der Waals surface area contributed by atoms with Crippen LogP contribution >= 0.6 is 0 Å². The number of anilines is 1. The van der Waals surface area contributed by atoms with Crippen LogP contribution in [0.5, 0.6) is 0 Å². The summed E-state index contributed by atoms with van der Waals surface area (Å²) in [7, 11) is 0. The van der Waals surface area contributed by atoms with Gasteiger partial charge in [0.2, 0.25) is 0 Å². The van der Waals surface area contributed by atoms with Crippen LogP contribution in [0.3, 0.4) is 0 Å². The zero-order chi connectivity index (χ0) is 20.9. The Morgan fingerprint density at radius 1 is 0.967 bits per heavy atom. The van der Waals surface area contributed by atoms with Crippen LogP contribution in [-0.2, 0) is 0 Å². The van der Waals surface area contributed by atoms with Crippen molar-refractivity contribution in [3.63, 3.8) is 0 Å². The van der Waals surface area contributed by atoms with E-state index in [0.717, 1.165) is 35.9 Å². The summed E-state index contributed by atoms with van der Waals surface area (Å²) < 4.78 is 0.